The van der Waals surface area contributed by atoms with E-state index in [-0.39, 0.29) is 35.3 Å². The number of anilines is 1. The lowest BCUT2D eigenvalue weighted by molar-refractivity contribution is -0.118. The Balaban J connectivity index is 0.00000147. The van der Waals surface area contributed by atoms with Crippen molar-refractivity contribution in [3.8, 4) is 0 Å². The van der Waals surface area contributed by atoms with Crippen LogP contribution >= 0.6 is 28.3 Å². The monoisotopic (exact) mass is 362 g/mol. The normalized spacial score (nSPS) is 23.0. The quantitative estimate of drug-likeness (QED) is 0.846. The fourth-order valence-corrected chi connectivity index (χ4v) is 3.34. The summed E-state index contributed by atoms with van der Waals surface area (Å²) in [6.07, 6.45) is 3.04. The standard InChI is InChI=1S/C14H16BrFN2O.ClH/c15-9-1-2-12(11(16)7-9)18-13(19)10-8-14(10)3-5-17-6-4-14;/h1-2,7,10,17H,3-6,8H2,(H,18,19);1H. The molecule has 1 amide bonds. The van der Waals surface area contributed by atoms with Crippen LogP contribution in [0.1, 0.15) is 19.3 Å². The number of benzene rings is 1. The molecule has 1 aromatic carbocycles. The van der Waals surface area contributed by atoms with Gasteiger partial charge in [-0.1, -0.05) is 15.9 Å². The lowest BCUT2D eigenvalue weighted by atomic mass is 9.92. The highest BCUT2D eigenvalue weighted by molar-refractivity contribution is 9.10. The van der Waals surface area contributed by atoms with Gasteiger partial charge in [-0.25, -0.2) is 4.39 Å². The molecule has 1 aliphatic carbocycles. The first-order valence-electron chi connectivity index (χ1n) is 6.57. The molecule has 0 bridgehead atoms. The molecule has 2 aliphatic rings. The number of piperidine rings is 1. The zero-order chi connectivity index (χ0) is 13.5. The van der Waals surface area contributed by atoms with Gasteiger partial charge in [0.05, 0.1) is 5.69 Å². The van der Waals surface area contributed by atoms with E-state index in [0.717, 1.165) is 32.4 Å². The van der Waals surface area contributed by atoms with Gasteiger partial charge in [-0.05, 0) is 56.0 Å². The SMILES string of the molecule is Cl.O=C(Nc1ccc(Br)cc1F)C1CC12CCNCC2. The molecular formula is C14H17BrClFN2O. The van der Waals surface area contributed by atoms with Crippen molar-refractivity contribution < 1.29 is 9.18 Å². The summed E-state index contributed by atoms with van der Waals surface area (Å²) in [7, 11) is 0. The van der Waals surface area contributed by atoms with E-state index in [0.29, 0.717) is 4.47 Å². The number of hydrogen-bond acceptors (Lipinski definition) is 2. The molecule has 2 N–H and O–H groups in total. The van der Waals surface area contributed by atoms with Crippen LogP contribution in [0.25, 0.3) is 0 Å². The summed E-state index contributed by atoms with van der Waals surface area (Å²) in [4.78, 5) is 12.2. The Kier molecular flexibility index (Phi) is 4.72. The minimum atomic E-state index is -0.400. The van der Waals surface area contributed by atoms with Gasteiger partial charge in [-0.15, -0.1) is 12.4 Å². The highest BCUT2D eigenvalue weighted by Gasteiger charge is 2.57. The first kappa shape index (κ1) is 15.7. The van der Waals surface area contributed by atoms with Crippen LogP contribution in [-0.4, -0.2) is 19.0 Å². The van der Waals surface area contributed by atoms with Crippen LogP contribution in [-0.2, 0) is 4.79 Å². The minimum absolute atomic E-state index is 0. The topological polar surface area (TPSA) is 41.1 Å². The van der Waals surface area contributed by atoms with Crippen LogP contribution < -0.4 is 10.6 Å². The summed E-state index contributed by atoms with van der Waals surface area (Å²) in [5.74, 6) is -0.386. The van der Waals surface area contributed by atoms with Gasteiger partial charge in [0.15, 0.2) is 0 Å². The molecule has 6 heteroatoms. The first-order chi connectivity index (χ1) is 9.11. The summed E-state index contributed by atoms with van der Waals surface area (Å²) < 4.78 is 14.3. The van der Waals surface area contributed by atoms with E-state index in [9.17, 15) is 9.18 Å². The molecule has 3 nitrogen and oxygen atoms in total. The van der Waals surface area contributed by atoms with Crippen molar-refractivity contribution in [2.75, 3.05) is 18.4 Å². The largest absolute Gasteiger partial charge is 0.323 e. The zero-order valence-electron chi connectivity index (χ0n) is 10.9. The molecule has 1 heterocycles. The number of halogens is 3. The second-order valence-corrected chi connectivity index (χ2v) is 6.40. The number of carbonyl (C=O) groups is 1. The van der Waals surface area contributed by atoms with Gasteiger partial charge in [0.25, 0.3) is 0 Å². The Bertz CT molecular complexity index is 520. The maximum absolute atomic E-state index is 13.7. The van der Waals surface area contributed by atoms with Crippen LogP contribution in [0, 0.1) is 17.2 Å². The maximum Gasteiger partial charge on any atom is 0.228 e. The molecule has 3 rings (SSSR count). The van der Waals surface area contributed by atoms with E-state index in [1.165, 1.54) is 6.07 Å². The van der Waals surface area contributed by atoms with Gasteiger partial charge in [-0.3, -0.25) is 4.79 Å². The predicted octanol–water partition coefficient (Wildman–Crippen LogP) is 3.34. The highest BCUT2D eigenvalue weighted by Crippen LogP contribution is 2.58. The summed E-state index contributed by atoms with van der Waals surface area (Å²) >= 11 is 3.20. The molecule has 1 aromatic rings. The van der Waals surface area contributed by atoms with Gasteiger partial charge < -0.3 is 10.6 Å². The van der Waals surface area contributed by atoms with Crippen molar-refractivity contribution in [3.05, 3.63) is 28.5 Å². The lowest BCUT2D eigenvalue weighted by Crippen LogP contribution is -2.31. The second-order valence-electron chi connectivity index (χ2n) is 5.48. The van der Waals surface area contributed by atoms with Crippen LogP contribution in [0.2, 0.25) is 0 Å². The van der Waals surface area contributed by atoms with Crippen molar-refractivity contribution >= 4 is 39.9 Å². The molecule has 1 atom stereocenters. The van der Waals surface area contributed by atoms with Crippen molar-refractivity contribution in [1.29, 1.82) is 0 Å². The molecule has 1 unspecified atom stereocenters. The van der Waals surface area contributed by atoms with Crippen LogP contribution in [0.3, 0.4) is 0 Å². The van der Waals surface area contributed by atoms with Gasteiger partial charge in [-0.2, -0.15) is 0 Å². The number of rotatable bonds is 2. The fraction of sp³-hybridized carbons (Fsp3) is 0.500. The second kappa shape index (κ2) is 6.00. The molecule has 110 valence electrons. The molecule has 20 heavy (non-hydrogen) atoms. The smallest absolute Gasteiger partial charge is 0.228 e. The van der Waals surface area contributed by atoms with E-state index >= 15 is 0 Å². The Morgan fingerprint density at radius 3 is 2.75 bits per heavy atom. The Morgan fingerprint density at radius 1 is 1.40 bits per heavy atom. The zero-order valence-corrected chi connectivity index (χ0v) is 13.3. The van der Waals surface area contributed by atoms with Crippen molar-refractivity contribution in [2.45, 2.75) is 19.3 Å². The molecular weight excluding hydrogens is 347 g/mol. The van der Waals surface area contributed by atoms with Crippen LogP contribution in [0.15, 0.2) is 22.7 Å². The molecule has 1 spiro atoms. The van der Waals surface area contributed by atoms with E-state index < -0.39 is 5.82 Å². The van der Waals surface area contributed by atoms with Crippen LogP contribution in [0.5, 0.6) is 0 Å². The maximum atomic E-state index is 13.7. The van der Waals surface area contributed by atoms with Crippen molar-refractivity contribution in [1.82, 2.24) is 5.32 Å². The summed E-state index contributed by atoms with van der Waals surface area (Å²) in [6, 6.07) is 4.68. The number of hydrogen-bond donors (Lipinski definition) is 2. The predicted molar refractivity (Wildman–Crippen MR) is 82.6 cm³/mol. The Hall–Kier alpha value is -0.650. The molecule has 1 aliphatic heterocycles. The summed E-state index contributed by atoms with van der Waals surface area (Å²) in [5.41, 5.74) is 0.449. The summed E-state index contributed by atoms with van der Waals surface area (Å²) in [5, 5.41) is 6.02. The average Bonchev–Trinajstić information content (AvgIpc) is 3.07. The third-order valence-corrected chi connectivity index (χ3v) is 4.79. The van der Waals surface area contributed by atoms with E-state index in [4.69, 9.17) is 0 Å². The van der Waals surface area contributed by atoms with E-state index in [1.807, 2.05) is 0 Å². The molecule has 0 radical (unpaired) electrons. The molecule has 1 saturated heterocycles. The number of nitrogens with one attached hydrogen (secondary N) is 2. The fourth-order valence-electron chi connectivity index (χ4n) is 3.01. The Labute approximate surface area is 132 Å². The third kappa shape index (κ3) is 3.00. The molecule has 0 aromatic heterocycles. The van der Waals surface area contributed by atoms with Gasteiger partial charge >= 0.3 is 0 Å². The summed E-state index contributed by atoms with van der Waals surface area (Å²) in [6.45, 7) is 1.97. The van der Waals surface area contributed by atoms with Gasteiger partial charge in [0.1, 0.15) is 5.82 Å². The number of amides is 1. The number of carbonyl (C=O) groups excluding carboxylic acids is 1. The third-order valence-electron chi connectivity index (χ3n) is 4.29. The van der Waals surface area contributed by atoms with Gasteiger partial charge in [0, 0.05) is 10.4 Å². The minimum Gasteiger partial charge on any atom is -0.323 e. The van der Waals surface area contributed by atoms with Crippen molar-refractivity contribution in [3.63, 3.8) is 0 Å². The van der Waals surface area contributed by atoms with Crippen LogP contribution in [0.4, 0.5) is 10.1 Å². The Morgan fingerprint density at radius 2 is 2.10 bits per heavy atom. The van der Waals surface area contributed by atoms with E-state index in [2.05, 4.69) is 26.6 Å². The molecule has 1 saturated carbocycles. The average molecular weight is 364 g/mol. The van der Waals surface area contributed by atoms with Crippen molar-refractivity contribution in [2.24, 2.45) is 11.3 Å². The first-order valence-corrected chi connectivity index (χ1v) is 7.37. The molecule has 2 fully saturated rings. The van der Waals surface area contributed by atoms with Gasteiger partial charge in [0.2, 0.25) is 5.91 Å². The van der Waals surface area contributed by atoms with E-state index in [1.54, 1.807) is 12.1 Å². The lowest BCUT2D eigenvalue weighted by Gasteiger charge is -2.23. The highest BCUT2D eigenvalue weighted by atomic mass is 79.9.